The Hall–Kier alpha value is -1.98. The van der Waals surface area contributed by atoms with E-state index in [1.54, 1.807) is 0 Å². The molecule has 0 N–H and O–H groups in total. The van der Waals surface area contributed by atoms with Gasteiger partial charge in [0.15, 0.2) is 0 Å². The second-order valence-corrected chi connectivity index (χ2v) is 3.33. The summed E-state index contributed by atoms with van der Waals surface area (Å²) in [5.41, 5.74) is 0. The molecule has 0 aliphatic rings. The van der Waals surface area contributed by atoms with E-state index >= 15 is 0 Å². The molecule has 0 saturated carbocycles. The molecule has 0 radical (unpaired) electrons. The van der Waals surface area contributed by atoms with Crippen LogP contribution in [0.3, 0.4) is 0 Å². The van der Waals surface area contributed by atoms with Crippen molar-refractivity contribution in [2.45, 2.75) is 12.9 Å². The number of nitrogens with zero attached hydrogens (tertiary/aromatic N) is 3. The van der Waals surface area contributed by atoms with Crippen LogP contribution in [0.15, 0.2) is 15.0 Å². The Morgan fingerprint density at radius 1 is 0.750 bits per heavy atom. The minimum absolute atomic E-state index is 0.0691. The molecule has 0 amide bonds. The summed E-state index contributed by atoms with van der Waals surface area (Å²) in [5, 5.41) is 0. The topological polar surface area (TPSA) is 116 Å². The third-order valence-electron chi connectivity index (χ3n) is 1.90. The molecule has 0 atom stereocenters. The van der Waals surface area contributed by atoms with Crippen LogP contribution in [0.4, 0.5) is 0 Å². The van der Waals surface area contributed by atoms with Crippen molar-refractivity contribution in [1.82, 2.24) is 0 Å². The number of rotatable bonds is 12. The lowest BCUT2D eigenvalue weighted by Gasteiger charge is -2.28. The van der Waals surface area contributed by atoms with Gasteiger partial charge in [-0.15, -0.1) is 0 Å². The summed E-state index contributed by atoms with van der Waals surface area (Å²) >= 11 is 0. The van der Waals surface area contributed by atoms with Crippen molar-refractivity contribution in [1.29, 1.82) is 0 Å². The highest BCUT2D eigenvalue weighted by Crippen LogP contribution is 2.14. The lowest BCUT2D eigenvalue weighted by Crippen LogP contribution is -2.38. The van der Waals surface area contributed by atoms with E-state index in [0.717, 1.165) is 0 Å². The summed E-state index contributed by atoms with van der Waals surface area (Å²) in [6, 6.07) is 0. The van der Waals surface area contributed by atoms with Gasteiger partial charge in [0, 0.05) is 6.92 Å². The zero-order valence-corrected chi connectivity index (χ0v) is 11.0. The molecular formula is C11H15N3O6. The molecule has 0 aliphatic heterocycles. The Morgan fingerprint density at radius 3 is 1.30 bits per heavy atom. The van der Waals surface area contributed by atoms with Gasteiger partial charge in [-0.05, 0) is 0 Å². The summed E-state index contributed by atoms with van der Waals surface area (Å²) in [7, 11) is 0. The molecule has 0 aromatic carbocycles. The normalized spacial score (nSPS) is 12.4. The van der Waals surface area contributed by atoms with Crippen molar-refractivity contribution >= 4 is 18.2 Å². The zero-order valence-electron chi connectivity index (χ0n) is 11.0. The molecule has 20 heavy (non-hydrogen) atoms. The van der Waals surface area contributed by atoms with Gasteiger partial charge in [-0.3, -0.25) is 0 Å². The van der Waals surface area contributed by atoms with Gasteiger partial charge in [-0.2, -0.15) is 0 Å². The number of ether oxygens (including phenoxy) is 3. The van der Waals surface area contributed by atoms with Crippen LogP contribution in [-0.2, 0) is 28.6 Å². The molecule has 0 aromatic rings. The van der Waals surface area contributed by atoms with E-state index in [1.807, 2.05) is 0 Å². The van der Waals surface area contributed by atoms with Crippen LogP contribution in [0.5, 0.6) is 0 Å². The lowest BCUT2D eigenvalue weighted by atomic mass is 10.5. The van der Waals surface area contributed by atoms with E-state index in [9.17, 15) is 14.4 Å². The van der Waals surface area contributed by atoms with Gasteiger partial charge in [0.05, 0.1) is 39.5 Å². The van der Waals surface area contributed by atoms with Crippen molar-refractivity contribution < 1.29 is 28.6 Å². The Bertz CT molecular complexity index is 349. The van der Waals surface area contributed by atoms with Crippen LogP contribution in [0.25, 0.3) is 0 Å². The Morgan fingerprint density at radius 2 is 1.05 bits per heavy atom. The van der Waals surface area contributed by atoms with Gasteiger partial charge in [0.1, 0.15) is 0 Å². The molecule has 0 heterocycles. The third-order valence-corrected chi connectivity index (χ3v) is 1.90. The average molecular weight is 285 g/mol. The number of hydrogen-bond donors (Lipinski definition) is 0. The highest BCUT2D eigenvalue weighted by atomic mass is 16.9. The fourth-order valence-electron chi connectivity index (χ4n) is 1.09. The second kappa shape index (κ2) is 12.1. The van der Waals surface area contributed by atoms with Gasteiger partial charge >= 0.3 is 0 Å². The maximum absolute atomic E-state index is 9.91. The fourth-order valence-corrected chi connectivity index (χ4v) is 1.09. The lowest BCUT2D eigenvalue weighted by molar-refractivity contribution is -0.367. The summed E-state index contributed by atoms with van der Waals surface area (Å²) < 4.78 is 15.9. The third kappa shape index (κ3) is 9.99. The minimum atomic E-state index is -1.42. The van der Waals surface area contributed by atoms with Crippen molar-refractivity contribution in [3.63, 3.8) is 0 Å². The van der Waals surface area contributed by atoms with Crippen LogP contribution in [0.2, 0.25) is 0 Å². The van der Waals surface area contributed by atoms with Crippen LogP contribution in [0, 0.1) is 0 Å². The Balaban J connectivity index is 4.27. The first-order valence-electron chi connectivity index (χ1n) is 5.71. The van der Waals surface area contributed by atoms with Crippen LogP contribution in [0.1, 0.15) is 6.92 Å². The van der Waals surface area contributed by atoms with E-state index in [0.29, 0.717) is 0 Å². The molecule has 9 nitrogen and oxygen atoms in total. The van der Waals surface area contributed by atoms with E-state index < -0.39 is 5.97 Å². The van der Waals surface area contributed by atoms with Crippen molar-refractivity contribution in [3.05, 3.63) is 0 Å². The molecular weight excluding hydrogens is 270 g/mol. The predicted octanol–water partition coefficient (Wildman–Crippen LogP) is -0.283. The smallest absolute Gasteiger partial charge is 0.280 e. The summed E-state index contributed by atoms with van der Waals surface area (Å²) in [6.07, 6.45) is 4.11. The zero-order chi connectivity index (χ0) is 15.1. The second-order valence-electron chi connectivity index (χ2n) is 3.33. The van der Waals surface area contributed by atoms with Crippen LogP contribution in [-0.4, -0.2) is 63.7 Å². The molecule has 0 aliphatic carbocycles. The van der Waals surface area contributed by atoms with Crippen molar-refractivity contribution in [2.75, 3.05) is 39.5 Å². The fraction of sp³-hybridized carbons (Fsp3) is 0.727. The number of hydrogen-bond acceptors (Lipinski definition) is 9. The van der Waals surface area contributed by atoms with Gasteiger partial charge in [0.25, 0.3) is 5.97 Å². The minimum Gasteiger partial charge on any atom is -0.326 e. The molecule has 0 fully saturated rings. The molecule has 0 spiro atoms. The first-order chi connectivity index (χ1) is 9.68. The molecule has 0 bridgehead atoms. The monoisotopic (exact) mass is 285 g/mol. The number of isocyanates is 3. The first kappa shape index (κ1) is 18.0. The van der Waals surface area contributed by atoms with E-state index in [4.69, 9.17) is 14.2 Å². The molecule has 0 saturated heterocycles. The highest BCUT2D eigenvalue weighted by molar-refractivity contribution is 5.33. The van der Waals surface area contributed by atoms with Gasteiger partial charge in [-0.1, -0.05) is 0 Å². The molecule has 9 heteroatoms. The van der Waals surface area contributed by atoms with Crippen molar-refractivity contribution in [2.24, 2.45) is 15.0 Å². The highest BCUT2D eigenvalue weighted by Gasteiger charge is 2.26. The SMILES string of the molecule is CC(OCCN=C=O)(OCCN=C=O)OCCN=C=O. The van der Waals surface area contributed by atoms with Crippen LogP contribution < -0.4 is 0 Å². The number of carbonyl (C=O) groups excluding carboxylic acids is 3. The summed E-state index contributed by atoms with van der Waals surface area (Å²) in [5.74, 6) is -1.42. The standard InChI is InChI=1S/C11H15N3O6/c1-11(18-5-2-12-8-15,19-6-3-13-9-16)20-7-4-14-10-17/h2-7H2,1H3. The molecule has 110 valence electrons. The maximum Gasteiger partial charge on any atom is 0.280 e. The summed E-state index contributed by atoms with van der Waals surface area (Å²) in [4.78, 5) is 39.7. The Labute approximate surface area is 115 Å². The molecule has 0 unspecified atom stereocenters. The van der Waals surface area contributed by atoms with Gasteiger partial charge in [0.2, 0.25) is 18.2 Å². The first-order valence-corrected chi connectivity index (χ1v) is 5.71. The van der Waals surface area contributed by atoms with Gasteiger partial charge in [-0.25, -0.2) is 29.4 Å². The summed E-state index contributed by atoms with van der Waals surface area (Å²) in [6.45, 7) is 2.01. The van der Waals surface area contributed by atoms with E-state index in [1.165, 1.54) is 25.2 Å². The quantitative estimate of drug-likeness (QED) is 0.211. The largest absolute Gasteiger partial charge is 0.326 e. The predicted molar refractivity (Wildman–Crippen MR) is 65.2 cm³/mol. The Kier molecular flexibility index (Phi) is 10.9. The molecule has 0 rings (SSSR count). The van der Waals surface area contributed by atoms with Crippen LogP contribution >= 0.6 is 0 Å². The van der Waals surface area contributed by atoms with E-state index in [2.05, 4.69) is 15.0 Å². The van der Waals surface area contributed by atoms with E-state index in [-0.39, 0.29) is 39.5 Å². The average Bonchev–Trinajstić information content (AvgIpc) is 2.45. The number of aliphatic imine (C=N–C) groups is 3. The van der Waals surface area contributed by atoms with Gasteiger partial charge < -0.3 is 14.2 Å². The van der Waals surface area contributed by atoms with Crippen molar-refractivity contribution in [3.8, 4) is 0 Å². The maximum atomic E-state index is 9.91. The molecule has 0 aromatic heterocycles.